The Morgan fingerprint density at radius 3 is 2.52 bits per heavy atom. The van der Waals surface area contributed by atoms with E-state index in [1.165, 1.54) is 11.3 Å². The zero-order valence-corrected chi connectivity index (χ0v) is 16.8. The predicted octanol–water partition coefficient (Wildman–Crippen LogP) is 4.43. The van der Waals surface area contributed by atoms with Crippen LogP contribution in [0.15, 0.2) is 35.7 Å². The van der Waals surface area contributed by atoms with Gasteiger partial charge in [-0.05, 0) is 67.7 Å². The number of benzene rings is 1. The number of nitrogens with one attached hydrogen (secondary N) is 2. The summed E-state index contributed by atoms with van der Waals surface area (Å²) >= 11 is 1.49. The van der Waals surface area contributed by atoms with E-state index in [-0.39, 0.29) is 11.9 Å². The molecule has 0 spiro atoms. The van der Waals surface area contributed by atoms with E-state index in [9.17, 15) is 9.59 Å². The minimum Gasteiger partial charge on any atom is -0.351 e. The molecule has 0 radical (unpaired) electrons. The lowest BCUT2D eigenvalue weighted by atomic mass is 9.93. The lowest BCUT2D eigenvalue weighted by molar-refractivity contribution is 0.0953. The van der Waals surface area contributed by atoms with Crippen LogP contribution in [0.3, 0.4) is 0 Å². The first kappa shape index (κ1) is 19.4. The number of aryl methyl sites for hydroxylation is 2. The molecule has 5 nitrogen and oxygen atoms in total. The molecule has 1 saturated heterocycles. The summed E-state index contributed by atoms with van der Waals surface area (Å²) in [6, 6.07) is 9.77. The fraction of sp³-hybridized carbons (Fsp3) is 0.429. The van der Waals surface area contributed by atoms with Crippen LogP contribution in [0.5, 0.6) is 0 Å². The van der Waals surface area contributed by atoms with Gasteiger partial charge in [-0.15, -0.1) is 11.3 Å². The summed E-state index contributed by atoms with van der Waals surface area (Å²) in [5.74, 6) is 0.579. The molecule has 1 aromatic heterocycles. The average Bonchev–Trinajstić information content (AvgIpc) is 3.10. The molecule has 27 heavy (non-hydrogen) atoms. The molecule has 3 rings (SSSR count). The first-order chi connectivity index (χ1) is 13.0. The summed E-state index contributed by atoms with van der Waals surface area (Å²) in [5, 5.41) is 7.98. The van der Waals surface area contributed by atoms with Crippen LogP contribution in [0.4, 0.5) is 10.5 Å². The minimum atomic E-state index is -0.0239. The van der Waals surface area contributed by atoms with E-state index in [0.29, 0.717) is 12.5 Å². The fourth-order valence-electron chi connectivity index (χ4n) is 3.41. The number of carbonyl (C=O) groups is 2. The number of piperidine rings is 1. The Hall–Kier alpha value is -2.34. The Morgan fingerprint density at radius 2 is 1.85 bits per heavy atom. The molecule has 0 bridgehead atoms. The molecule has 2 aromatic rings. The summed E-state index contributed by atoms with van der Waals surface area (Å²) in [6.07, 6.45) is 2.92. The first-order valence-electron chi connectivity index (χ1n) is 9.48. The van der Waals surface area contributed by atoms with Crippen LogP contribution >= 0.6 is 11.3 Å². The van der Waals surface area contributed by atoms with E-state index < -0.39 is 0 Å². The van der Waals surface area contributed by atoms with E-state index in [1.54, 1.807) is 0 Å². The Morgan fingerprint density at radius 1 is 1.11 bits per heavy atom. The number of anilines is 1. The maximum Gasteiger partial charge on any atom is 0.321 e. The molecule has 1 aromatic carbocycles. The minimum absolute atomic E-state index is 0.0239. The van der Waals surface area contributed by atoms with E-state index in [1.807, 2.05) is 54.5 Å². The molecular formula is C21H27N3O2S. The van der Waals surface area contributed by atoms with Crippen LogP contribution in [-0.4, -0.2) is 36.5 Å². The summed E-state index contributed by atoms with van der Waals surface area (Å²) in [5.41, 5.74) is 2.97. The fourth-order valence-corrected chi connectivity index (χ4v) is 4.25. The number of nitrogens with zero attached hydrogens (tertiary/aromatic N) is 1. The molecule has 144 valence electrons. The van der Waals surface area contributed by atoms with Gasteiger partial charge in [0.05, 0.1) is 4.88 Å². The van der Waals surface area contributed by atoms with Crippen LogP contribution in [0.2, 0.25) is 0 Å². The highest BCUT2D eigenvalue weighted by Gasteiger charge is 2.23. The van der Waals surface area contributed by atoms with Crippen LogP contribution in [0.1, 0.15) is 40.1 Å². The van der Waals surface area contributed by atoms with E-state index in [2.05, 4.69) is 10.6 Å². The number of hydrogen-bond acceptors (Lipinski definition) is 3. The number of carbonyl (C=O) groups excluding carboxylic acids is 2. The second-order valence-electron chi connectivity index (χ2n) is 7.15. The van der Waals surface area contributed by atoms with Gasteiger partial charge in [0.1, 0.15) is 0 Å². The Kier molecular flexibility index (Phi) is 6.50. The number of para-hydroxylation sites is 1. The lowest BCUT2D eigenvalue weighted by Crippen LogP contribution is -2.41. The van der Waals surface area contributed by atoms with Crippen molar-refractivity contribution in [1.82, 2.24) is 10.2 Å². The van der Waals surface area contributed by atoms with Gasteiger partial charge in [-0.3, -0.25) is 4.79 Å². The quantitative estimate of drug-likeness (QED) is 0.800. The summed E-state index contributed by atoms with van der Waals surface area (Å²) in [4.78, 5) is 27.3. The van der Waals surface area contributed by atoms with Gasteiger partial charge in [-0.2, -0.15) is 0 Å². The molecule has 1 aliphatic rings. The monoisotopic (exact) mass is 385 g/mol. The van der Waals surface area contributed by atoms with Crippen LogP contribution in [0.25, 0.3) is 0 Å². The largest absolute Gasteiger partial charge is 0.351 e. The predicted molar refractivity (Wildman–Crippen MR) is 111 cm³/mol. The Balaban J connectivity index is 1.39. The van der Waals surface area contributed by atoms with Gasteiger partial charge in [0.15, 0.2) is 0 Å². The molecule has 0 unspecified atom stereocenters. The van der Waals surface area contributed by atoms with Gasteiger partial charge < -0.3 is 15.5 Å². The SMILES string of the molecule is Cc1ccccc1NC(=O)N1CCC(CCNC(=O)c2sccc2C)CC1. The van der Waals surface area contributed by atoms with Crippen LogP contribution in [-0.2, 0) is 0 Å². The summed E-state index contributed by atoms with van der Waals surface area (Å²) in [7, 11) is 0. The first-order valence-corrected chi connectivity index (χ1v) is 10.4. The summed E-state index contributed by atoms with van der Waals surface area (Å²) in [6.45, 7) is 6.17. The highest BCUT2D eigenvalue weighted by molar-refractivity contribution is 7.12. The second kappa shape index (κ2) is 9.04. The van der Waals surface area contributed by atoms with Gasteiger partial charge >= 0.3 is 6.03 Å². The molecule has 6 heteroatoms. The van der Waals surface area contributed by atoms with Crippen molar-refractivity contribution < 1.29 is 9.59 Å². The van der Waals surface area contributed by atoms with Crippen molar-refractivity contribution in [2.24, 2.45) is 5.92 Å². The third-order valence-electron chi connectivity index (χ3n) is 5.19. The van der Waals surface area contributed by atoms with Gasteiger partial charge in [0, 0.05) is 25.3 Å². The normalized spacial score (nSPS) is 14.8. The molecule has 2 N–H and O–H groups in total. The average molecular weight is 386 g/mol. The Labute approximate surface area is 164 Å². The lowest BCUT2D eigenvalue weighted by Gasteiger charge is -2.32. The third kappa shape index (κ3) is 5.10. The van der Waals surface area contributed by atoms with Crippen LogP contribution < -0.4 is 10.6 Å². The van der Waals surface area contributed by atoms with Gasteiger partial charge in [0.25, 0.3) is 5.91 Å². The van der Waals surface area contributed by atoms with Gasteiger partial charge in [-0.1, -0.05) is 18.2 Å². The topological polar surface area (TPSA) is 61.4 Å². The summed E-state index contributed by atoms with van der Waals surface area (Å²) < 4.78 is 0. The standard InChI is InChI=1S/C21H27N3O2S/c1-15-5-3-4-6-18(15)23-21(26)24-12-8-17(9-13-24)7-11-22-20(25)19-16(2)10-14-27-19/h3-6,10,14,17H,7-9,11-13H2,1-2H3,(H,22,25)(H,23,26). The molecule has 1 fully saturated rings. The van der Waals surface area contributed by atoms with Crippen molar-refractivity contribution in [1.29, 1.82) is 0 Å². The zero-order valence-electron chi connectivity index (χ0n) is 16.0. The van der Waals surface area contributed by atoms with Crippen molar-refractivity contribution in [3.05, 3.63) is 51.7 Å². The maximum absolute atomic E-state index is 12.5. The second-order valence-corrected chi connectivity index (χ2v) is 8.07. The van der Waals surface area contributed by atoms with Gasteiger partial charge in [0.2, 0.25) is 0 Å². The van der Waals surface area contributed by atoms with E-state index in [0.717, 1.165) is 54.0 Å². The third-order valence-corrected chi connectivity index (χ3v) is 6.21. The molecule has 3 amide bonds. The van der Waals surface area contributed by atoms with Crippen LogP contribution in [0, 0.1) is 19.8 Å². The number of thiophene rings is 1. The van der Waals surface area contributed by atoms with Crippen molar-refractivity contribution in [2.75, 3.05) is 25.0 Å². The van der Waals surface area contributed by atoms with E-state index >= 15 is 0 Å². The molecule has 1 aliphatic heterocycles. The number of rotatable bonds is 5. The maximum atomic E-state index is 12.5. The highest BCUT2D eigenvalue weighted by atomic mass is 32.1. The Bertz CT molecular complexity index is 794. The molecular weight excluding hydrogens is 358 g/mol. The van der Waals surface area contributed by atoms with Gasteiger partial charge in [-0.25, -0.2) is 4.79 Å². The number of hydrogen-bond donors (Lipinski definition) is 2. The smallest absolute Gasteiger partial charge is 0.321 e. The molecule has 0 atom stereocenters. The van der Waals surface area contributed by atoms with Crippen molar-refractivity contribution in [3.63, 3.8) is 0 Å². The van der Waals surface area contributed by atoms with E-state index in [4.69, 9.17) is 0 Å². The van der Waals surface area contributed by atoms with Crippen molar-refractivity contribution in [2.45, 2.75) is 33.1 Å². The van der Waals surface area contributed by atoms with Crippen molar-refractivity contribution >= 4 is 29.0 Å². The number of amides is 3. The number of urea groups is 1. The van der Waals surface area contributed by atoms with Crippen molar-refractivity contribution in [3.8, 4) is 0 Å². The highest BCUT2D eigenvalue weighted by Crippen LogP contribution is 2.22. The number of likely N-dealkylation sites (tertiary alicyclic amines) is 1. The molecule has 2 heterocycles. The molecule has 0 saturated carbocycles. The zero-order chi connectivity index (χ0) is 19.2. The molecule has 0 aliphatic carbocycles.